The van der Waals surface area contributed by atoms with Crippen LogP contribution in [0.1, 0.15) is 41.1 Å². The molecule has 0 aromatic carbocycles. The molecule has 4 heterocycles. The Kier molecular flexibility index (Phi) is 7.16. The van der Waals surface area contributed by atoms with Gasteiger partial charge in [0.15, 0.2) is 0 Å². The first-order valence-corrected chi connectivity index (χ1v) is 11.8. The van der Waals surface area contributed by atoms with E-state index in [2.05, 4.69) is 22.1 Å². The van der Waals surface area contributed by atoms with Gasteiger partial charge < -0.3 is 20.1 Å². The molecule has 2 saturated heterocycles. The highest BCUT2D eigenvalue weighted by Crippen LogP contribution is 2.37. The van der Waals surface area contributed by atoms with Crippen LogP contribution in [0.4, 0.5) is 0 Å². The first-order chi connectivity index (χ1) is 15.1. The summed E-state index contributed by atoms with van der Waals surface area (Å²) in [6.07, 6.45) is 3.60. The summed E-state index contributed by atoms with van der Waals surface area (Å²) >= 11 is 1.32. The van der Waals surface area contributed by atoms with Crippen molar-refractivity contribution < 1.29 is 19.4 Å². The third-order valence-corrected chi connectivity index (χ3v) is 7.21. The fourth-order valence-corrected chi connectivity index (χ4v) is 5.36. The monoisotopic (exact) mass is 446 g/mol. The van der Waals surface area contributed by atoms with E-state index < -0.39 is 0 Å². The molecule has 2 aromatic rings. The third kappa shape index (κ3) is 5.06. The van der Waals surface area contributed by atoms with Crippen molar-refractivity contribution in [2.75, 3.05) is 52.5 Å². The van der Waals surface area contributed by atoms with Crippen molar-refractivity contribution in [2.45, 2.75) is 25.9 Å². The number of hydrogen-bond acceptors (Lipinski definition) is 7. The van der Waals surface area contributed by atoms with E-state index in [1.807, 2.05) is 17.0 Å². The van der Waals surface area contributed by atoms with Gasteiger partial charge in [0.2, 0.25) is 5.91 Å². The van der Waals surface area contributed by atoms with Crippen molar-refractivity contribution >= 4 is 33.4 Å². The summed E-state index contributed by atoms with van der Waals surface area (Å²) in [7, 11) is 0. The van der Waals surface area contributed by atoms with Gasteiger partial charge in [0.1, 0.15) is 15.8 Å². The summed E-state index contributed by atoms with van der Waals surface area (Å²) in [5.41, 5.74) is 0.785. The number of likely N-dealkylation sites (tertiary alicyclic amines) is 1. The number of thiophene rings is 1. The number of nitrogens with zero attached hydrogens (tertiary/aromatic N) is 3. The molecule has 2 N–H and O–H groups in total. The number of carbonyl (C=O) groups is 2. The van der Waals surface area contributed by atoms with Gasteiger partial charge in [-0.1, -0.05) is 13.0 Å². The van der Waals surface area contributed by atoms with Crippen LogP contribution < -0.4 is 5.32 Å². The lowest BCUT2D eigenvalue weighted by Gasteiger charge is -2.36. The minimum absolute atomic E-state index is 0.117. The molecule has 0 saturated carbocycles. The van der Waals surface area contributed by atoms with Crippen LogP contribution in [0.15, 0.2) is 18.3 Å². The Morgan fingerprint density at radius 2 is 2.13 bits per heavy atom. The number of piperidine rings is 1. The largest absolute Gasteiger partial charge is 0.395 e. The molecule has 2 aromatic heterocycles. The highest BCUT2D eigenvalue weighted by atomic mass is 32.1. The van der Waals surface area contributed by atoms with Crippen LogP contribution in [0, 0.1) is 5.92 Å². The molecule has 0 radical (unpaired) electrons. The summed E-state index contributed by atoms with van der Waals surface area (Å²) in [6, 6.07) is 3.78. The molecule has 2 aliphatic heterocycles. The normalized spacial score (nSPS) is 20.8. The van der Waals surface area contributed by atoms with E-state index in [0.717, 1.165) is 47.6 Å². The van der Waals surface area contributed by atoms with Crippen molar-refractivity contribution in [3.05, 3.63) is 28.8 Å². The minimum Gasteiger partial charge on any atom is -0.395 e. The molecule has 9 heteroatoms. The molecule has 2 aliphatic rings. The molecule has 2 fully saturated rings. The Morgan fingerprint density at radius 3 is 2.90 bits per heavy atom. The van der Waals surface area contributed by atoms with Gasteiger partial charge in [0.05, 0.1) is 26.3 Å². The number of fused-ring (bicyclic) bond motifs is 1. The Hall–Kier alpha value is -2.07. The topological polar surface area (TPSA) is 95.0 Å². The van der Waals surface area contributed by atoms with Crippen molar-refractivity contribution in [1.82, 2.24) is 20.1 Å². The number of amides is 2. The maximum Gasteiger partial charge on any atom is 0.261 e. The number of aliphatic hydroxyl groups is 1. The van der Waals surface area contributed by atoms with Crippen LogP contribution in [0.5, 0.6) is 0 Å². The Labute approximate surface area is 186 Å². The van der Waals surface area contributed by atoms with Gasteiger partial charge >= 0.3 is 0 Å². The van der Waals surface area contributed by atoms with E-state index in [1.165, 1.54) is 11.3 Å². The molecule has 0 spiro atoms. The average molecular weight is 447 g/mol. The van der Waals surface area contributed by atoms with Crippen LogP contribution in [0.2, 0.25) is 0 Å². The molecule has 0 unspecified atom stereocenters. The van der Waals surface area contributed by atoms with Gasteiger partial charge in [-0.2, -0.15) is 0 Å². The zero-order valence-corrected chi connectivity index (χ0v) is 18.7. The molecule has 0 bridgehead atoms. The number of ether oxygens (including phenoxy) is 1. The first kappa shape index (κ1) is 22.1. The summed E-state index contributed by atoms with van der Waals surface area (Å²) in [5, 5.41) is 12.7. The number of aliphatic hydroxyl groups excluding tert-OH is 1. The lowest BCUT2D eigenvalue weighted by molar-refractivity contribution is -0.140. The fourth-order valence-electron chi connectivity index (χ4n) is 4.25. The molecule has 0 aliphatic carbocycles. The number of nitrogens with one attached hydrogen (secondary N) is 1. The first-order valence-electron chi connectivity index (χ1n) is 10.9. The van der Waals surface area contributed by atoms with Gasteiger partial charge in [0, 0.05) is 30.2 Å². The Morgan fingerprint density at radius 1 is 1.32 bits per heavy atom. The number of carbonyl (C=O) groups excluding carboxylic acids is 2. The van der Waals surface area contributed by atoms with Gasteiger partial charge in [-0.15, -0.1) is 11.3 Å². The molecule has 2 amide bonds. The number of aromatic nitrogens is 1. The zero-order chi connectivity index (χ0) is 21.8. The fraction of sp³-hybridized carbons (Fsp3) is 0.591. The lowest BCUT2D eigenvalue weighted by atomic mass is 9.99. The van der Waals surface area contributed by atoms with Crippen LogP contribution in [-0.2, 0) is 9.53 Å². The predicted molar refractivity (Wildman–Crippen MR) is 119 cm³/mol. The third-order valence-electron chi connectivity index (χ3n) is 6.08. The molecule has 1 atom stereocenters. The molecule has 8 nitrogen and oxygen atoms in total. The van der Waals surface area contributed by atoms with Crippen LogP contribution in [0.3, 0.4) is 0 Å². The Balaban J connectivity index is 1.52. The lowest BCUT2D eigenvalue weighted by Crippen LogP contribution is -2.48. The van der Waals surface area contributed by atoms with Gasteiger partial charge in [-0.05, 0) is 37.9 Å². The van der Waals surface area contributed by atoms with Gasteiger partial charge in [-0.25, -0.2) is 4.98 Å². The second-order valence-electron chi connectivity index (χ2n) is 8.34. The summed E-state index contributed by atoms with van der Waals surface area (Å²) < 4.78 is 6.05. The van der Waals surface area contributed by atoms with E-state index in [9.17, 15) is 9.59 Å². The number of hydrogen-bond donors (Lipinski definition) is 2. The predicted octanol–water partition coefficient (Wildman–Crippen LogP) is 1.65. The highest BCUT2D eigenvalue weighted by Gasteiger charge is 2.32. The SMILES string of the molecule is CC1CCN(CC(=O)N2CCO[C@H](c3c(C(=O)NCCO)sc4ncccc34)C2)CC1. The Bertz CT molecular complexity index is 925. The van der Waals surface area contributed by atoms with Crippen molar-refractivity contribution in [1.29, 1.82) is 0 Å². The molecule has 168 valence electrons. The van der Waals surface area contributed by atoms with E-state index in [4.69, 9.17) is 9.84 Å². The summed E-state index contributed by atoms with van der Waals surface area (Å²) in [6.45, 7) is 6.12. The highest BCUT2D eigenvalue weighted by molar-refractivity contribution is 7.20. The molecular weight excluding hydrogens is 416 g/mol. The van der Waals surface area contributed by atoms with Crippen molar-refractivity contribution in [2.24, 2.45) is 5.92 Å². The zero-order valence-electron chi connectivity index (χ0n) is 17.9. The maximum atomic E-state index is 13.0. The quantitative estimate of drug-likeness (QED) is 0.701. The summed E-state index contributed by atoms with van der Waals surface area (Å²) in [4.78, 5) is 35.6. The van der Waals surface area contributed by atoms with Crippen LogP contribution >= 0.6 is 11.3 Å². The average Bonchev–Trinajstić information content (AvgIpc) is 3.19. The van der Waals surface area contributed by atoms with Gasteiger partial charge in [0.25, 0.3) is 5.91 Å². The second-order valence-corrected chi connectivity index (χ2v) is 9.34. The summed E-state index contributed by atoms with van der Waals surface area (Å²) in [5.74, 6) is 0.600. The standard InChI is InChI=1S/C22H30N4O4S/c1-15-4-8-25(9-5-15)14-18(28)26-10-12-30-17(13-26)19-16-3-2-6-24-22(16)31-20(19)21(29)23-7-11-27/h2-3,6,15,17,27H,4-5,7-14H2,1H3,(H,23,29)/t17-/m0/s1. The minimum atomic E-state index is -0.382. The van der Waals surface area contributed by atoms with Crippen LogP contribution in [0.25, 0.3) is 10.2 Å². The maximum absolute atomic E-state index is 13.0. The number of morpholine rings is 1. The molecule has 4 rings (SSSR count). The second kappa shape index (κ2) is 10.0. The van der Waals surface area contributed by atoms with Gasteiger partial charge in [-0.3, -0.25) is 14.5 Å². The van der Waals surface area contributed by atoms with E-state index >= 15 is 0 Å². The van der Waals surface area contributed by atoms with Crippen molar-refractivity contribution in [3.63, 3.8) is 0 Å². The molecule has 31 heavy (non-hydrogen) atoms. The van der Waals surface area contributed by atoms with E-state index in [-0.39, 0.29) is 31.1 Å². The van der Waals surface area contributed by atoms with Crippen molar-refractivity contribution in [3.8, 4) is 0 Å². The van der Waals surface area contributed by atoms with E-state index in [0.29, 0.717) is 31.1 Å². The number of pyridine rings is 1. The van der Waals surface area contributed by atoms with Crippen LogP contribution in [-0.4, -0.2) is 84.2 Å². The smallest absolute Gasteiger partial charge is 0.261 e. The number of rotatable bonds is 6. The molecular formula is C22H30N4O4S. The van der Waals surface area contributed by atoms with E-state index in [1.54, 1.807) is 6.20 Å².